The second-order valence-electron chi connectivity index (χ2n) is 3.79. The molecule has 7 heteroatoms. The first-order chi connectivity index (χ1) is 9.12. The molecule has 0 aliphatic carbocycles. The van der Waals surface area contributed by atoms with Gasteiger partial charge in [-0.3, -0.25) is 0 Å². The number of rotatable bonds is 5. The van der Waals surface area contributed by atoms with E-state index < -0.39 is 10.0 Å². The zero-order chi connectivity index (χ0) is 13.7. The van der Waals surface area contributed by atoms with E-state index in [4.69, 9.17) is 0 Å². The second kappa shape index (κ2) is 5.77. The predicted octanol–water partition coefficient (Wildman–Crippen LogP) is 0.997. The van der Waals surface area contributed by atoms with Crippen LogP contribution in [0.4, 0.5) is 5.69 Å². The van der Waals surface area contributed by atoms with E-state index in [1.54, 1.807) is 36.5 Å². The van der Waals surface area contributed by atoms with Crippen LogP contribution in [0.5, 0.6) is 0 Å². The normalized spacial score (nSPS) is 11.2. The number of hydrogen-bond donors (Lipinski definition) is 2. The Hall–Kier alpha value is -1.99. The van der Waals surface area contributed by atoms with E-state index in [0.717, 1.165) is 11.4 Å². The lowest BCUT2D eigenvalue weighted by molar-refractivity contribution is 0.588. The van der Waals surface area contributed by atoms with Gasteiger partial charge < -0.3 is 5.32 Å². The summed E-state index contributed by atoms with van der Waals surface area (Å²) in [6.45, 7) is 0.506. The van der Waals surface area contributed by atoms with Gasteiger partial charge in [0.25, 0.3) is 0 Å². The summed E-state index contributed by atoms with van der Waals surface area (Å²) in [5.41, 5.74) is 1.55. The summed E-state index contributed by atoms with van der Waals surface area (Å²) in [5, 5.41) is 3.12. The van der Waals surface area contributed by atoms with Gasteiger partial charge in [0.1, 0.15) is 6.33 Å². The molecule has 0 unspecified atom stereocenters. The van der Waals surface area contributed by atoms with Crippen molar-refractivity contribution in [2.75, 3.05) is 12.4 Å². The van der Waals surface area contributed by atoms with Crippen molar-refractivity contribution in [2.24, 2.45) is 0 Å². The van der Waals surface area contributed by atoms with E-state index in [9.17, 15) is 8.42 Å². The third-order valence-corrected chi connectivity index (χ3v) is 3.94. The van der Waals surface area contributed by atoms with Crippen LogP contribution >= 0.6 is 0 Å². The Kier molecular flexibility index (Phi) is 4.08. The molecule has 0 aliphatic rings. The van der Waals surface area contributed by atoms with Crippen LogP contribution in [0, 0.1) is 0 Å². The molecule has 19 heavy (non-hydrogen) atoms. The molecule has 0 aliphatic heterocycles. The molecule has 2 N–H and O–H groups in total. The minimum absolute atomic E-state index is 0.225. The van der Waals surface area contributed by atoms with Gasteiger partial charge in [-0.05, 0) is 31.3 Å². The lowest BCUT2D eigenvalue weighted by atomic mass is 10.3. The maximum atomic E-state index is 11.7. The van der Waals surface area contributed by atoms with Gasteiger partial charge in [-0.2, -0.15) is 0 Å². The number of nitrogens with one attached hydrogen (secondary N) is 2. The van der Waals surface area contributed by atoms with Crippen molar-refractivity contribution in [3.05, 3.63) is 48.5 Å². The fraction of sp³-hybridized carbons (Fsp3) is 0.167. The van der Waals surface area contributed by atoms with E-state index in [0.29, 0.717) is 6.54 Å². The molecule has 1 aromatic heterocycles. The number of sulfonamides is 1. The molecule has 0 amide bonds. The maximum Gasteiger partial charge on any atom is 0.240 e. The highest BCUT2D eigenvalue weighted by Gasteiger charge is 2.11. The molecule has 0 spiro atoms. The molecule has 2 rings (SSSR count). The second-order valence-corrected chi connectivity index (χ2v) is 5.68. The lowest BCUT2D eigenvalue weighted by Crippen LogP contribution is -2.18. The standard InChI is InChI=1S/C12H14N4O2S/c1-13-19(17,18)12-4-2-3-10(7-12)15-8-11-5-6-14-9-16-11/h2-7,9,13,15H,8H2,1H3. The van der Waals surface area contributed by atoms with Gasteiger partial charge in [0.15, 0.2) is 0 Å². The molecule has 1 aromatic carbocycles. The highest BCUT2D eigenvalue weighted by molar-refractivity contribution is 7.89. The highest BCUT2D eigenvalue weighted by Crippen LogP contribution is 2.15. The fourth-order valence-corrected chi connectivity index (χ4v) is 2.28. The summed E-state index contributed by atoms with van der Waals surface area (Å²) in [7, 11) is -2.03. The zero-order valence-electron chi connectivity index (χ0n) is 10.4. The van der Waals surface area contributed by atoms with Crippen molar-refractivity contribution in [1.82, 2.24) is 14.7 Å². The van der Waals surface area contributed by atoms with E-state index in [1.165, 1.54) is 13.4 Å². The van der Waals surface area contributed by atoms with Gasteiger partial charge in [0.2, 0.25) is 10.0 Å². The summed E-state index contributed by atoms with van der Waals surface area (Å²) in [6, 6.07) is 8.40. The first-order valence-electron chi connectivity index (χ1n) is 5.64. The van der Waals surface area contributed by atoms with Crippen molar-refractivity contribution >= 4 is 15.7 Å². The zero-order valence-corrected chi connectivity index (χ0v) is 11.2. The van der Waals surface area contributed by atoms with Gasteiger partial charge in [0, 0.05) is 11.9 Å². The van der Waals surface area contributed by atoms with Gasteiger partial charge in [-0.15, -0.1) is 0 Å². The topological polar surface area (TPSA) is 84.0 Å². The number of hydrogen-bond acceptors (Lipinski definition) is 5. The van der Waals surface area contributed by atoms with E-state index in [1.807, 2.05) is 0 Å². The summed E-state index contributed by atoms with van der Waals surface area (Å²) in [4.78, 5) is 8.13. The Morgan fingerprint density at radius 3 is 2.79 bits per heavy atom. The summed E-state index contributed by atoms with van der Waals surface area (Å²) >= 11 is 0. The van der Waals surface area contributed by atoms with Crippen LogP contribution in [-0.2, 0) is 16.6 Å². The number of benzene rings is 1. The Bertz CT molecular complexity index is 644. The molecule has 0 saturated carbocycles. The molecule has 2 aromatic rings. The number of aromatic nitrogens is 2. The SMILES string of the molecule is CNS(=O)(=O)c1cccc(NCc2ccncn2)c1. The third kappa shape index (κ3) is 3.49. The monoisotopic (exact) mass is 278 g/mol. The third-order valence-electron chi connectivity index (χ3n) is 2.53. The smallest absolute Gasteiger partial charge is 0.240 e. The van der Waals surface area contributed by atoms with E-state index in [2.05, 4.69) is 20.0 Å². The Balaban J connectivity index is 2.12. The molecule has 100 valence electrons. The van der Waals surface area contributed by atoms with Crippen LogP contribution in [0.15, 0.2) is 47.8 Å². The number of anilines is 1. The van der Waals surface area contributed by atoms with Crippen LogP contribution in [0.1, 0.15) is 5.69 Å². The summed E-state index contributed by atoms with van der Waals surface area (Å²) in [6.07, 6.45) is 3.13. The van der Waals surface area contributed by atoms with Crippen molar-refractivity contribution in [3.8, 4) is 0 Å². The molecule has 0 fully saturated rings. The Labute approximate surface area is 112 Å². The molecule has 0 atom stereocenters. The van der Waals surface area contributed by atoms with Gasteiger partial charge in [0.05, 0.1) is 17.1 Å². The lowest BCUT2D eigenvalue weighted by Gasteiger charge is -2.08. The average molecular weight is 278 g/mol. The van der Waals surface area contributed by atoms with Crippen molar-refractivity contribution < 1.29 is 8.42 Å². The van der Waals surface area contributed by atoms with Gasteiger partial charge in [-0.1, -0.05) is 6.07 Å². The molecule has 6 nitrogen and oxygen atoms in total. The van der Waals surface area contributed by atoms with Crippen molar-refractivity contribution in [1.29, 1.82) is 0 Å². The van der Waals surface area contributed by atoms with Crippen LogP contribution in [-0.4, -0.2) is 25.4 Å². The van der Waals surface area contributed by atoms with Gasteiger partial charge >= 0.3 is 0 Å². The minimum atomic E-state index is -3.42. The molecular weight excluding hydrogens is 264 g/mol. The summed E-state index contributed by atoms with van der Waals surface area (Å²) < 4.78 is 25.6. The molecule has 0 bridgehead atoms. The summed E-state index contributed by atoms with van der Waals surface area (Å²) in [5.74, 6) is 0. The number of nitrogens with zero attached hydrogens (tertiary/aromatic N) is 2. The Morgan fingerprint density at radius 1 is 1.26 bits per heavy atom. The highest BCUT2D eigenvalue weighted by atomic mass is 32.2. The first kappa shape index (κ1) is 13.4. The van der Waals surface area contributed by atoms with E-state index >= 15 is 0 Å². The predicted molar refractivity (Wildman–Crippen MR) is 72.0 cm³/mol. The quantitative estimate of drug-likeness (QED) is 0.852. The van der Waals surface area contributed by atoms with Crippen LogP contribution < -0.4 is 10.0 Å². The van der Waals surface area contributed by atoms with Crippen molar-refractivity contribution in [2.45, 2.75) is 11.4 Å². The maximum absolute atomic E-state index is 11.7. The molecular formula is C12H14N4O2S. The molecule has 0 radical (unpaired) electrons. The molecule has 0 saturated heterocycles. The first-order valence-corrected chi connectivity index (χ1v) is 7.12. The van der Waals surface area contributed by atoms with Crippen molar-refractivity contribution in [3.63, 3.8) is 0 Å². The van der Waals surface area contributed by atoms with Crippen LogP contribution in [0.3, 0.4) is 0 Å². The van der Waals surface area contributed by atoms with Crippen LogP contribution in [0.2, 0.25) is 0 Å². The molecule has 1 heterocycles. The van der Waals surface area contributed by atoms with Crippen LogP contribution in [0.25, 0.3) is 0 Å². The van der Waals surface area contributed by atoms with E-state index in [-0.39, 0.29) is 4.90 Å². The van der Waals surface area contributed by atoms with Gasteiger partial charge in [-0.25, -0.2) is 23.1 Å². The minimum Gasteiger partial charge on any atom is -0.379 e. The average Bonchev–Trinajstić information content (AvgIpc) is 2.46. The Morgan fingerprint density at radius 2 is 2.11 bits per heavy atom. The fourth-order valence-electron chi connectivity index (χ4n) is 1.51. The largest absolute Gasteiger partial charge is 0.379 e.